The lowest BCUT2D eigenvalue weighted by atomic mass is 10.0. The monoisotopic (exact) mass is 315 g/mol. The van der Waals surface area contributed by atoms with E-state index in [9.17, 15) is 9.59 Å². The van der Waals surface area contributed by atoms with Gasteiger partial charge in [-0.3, -0.25) is 4.79 Å². The SMILES string of the molecule is Cc1[nH]c2ccccc2c1C(=O)[C@@H](C)OC(=O)C1=COCCO1. The number of H-pyrrole nitrogens is 1. The van der Waals surface area contributed by atoms with Crippen LogP contribution in [-0.4, -0.2) is 36.1 Å². The van der Waals surface area contributed by atoms with Crippen molar-refractivity contribution < 1.29 is 23.8 Å². The first kappa shape index (κ1) is 15.1. The zero-order chi connectivity index (χ0) is 16.4. The van der Waals surface area contributed by atoms with Crippen molar-refractivity contribution in [3.8, 4) is 0 Å². The molecule has 0 saturated heterocycles. The number of ketones is 1. The summed E-state index contributed by atoms with van der Waals surface area (Å²) in [6.07, 6.45) is 0.284. The number of ether oxygens (including phenoxy) is 3. The number of para-hydroxylation sites is 1. The molecule has 1 atom stereocenters. The number of fused-ring (bicyclic) bond motifs is 1. The van der Waals surface area contributed by atoms with Crippen LogP contribution >= 0.6 is 0 Å². The highest BCUT2D eigenvalue weighted by Crippen LogP contribution is 2.24. The summed E-state index contributed by atoms with van der Waals surface area (Å²) in [6, 6.07) is 7.51. The van der Waals surface area contributed by atoms with Crippen molar-refractivity contribution in [2.75, 3.05) is 13.2 Å². The molecule has 1 aliphatic heterocycles. The van der Waals surface area contributed by atoms with Gasteiger partial charge in [-0.1, -0.05) is 18.2 Å². The maximum Gasteiger partial charge on any atom is 0.377 e. The van der Waals surface area contributed by atoms with Crippen LogP contribution in [-0.2, 0) is 19.0 Å². The zero-order valence-electron chi connectivity index (χ0n) is 12.9. The first-order valence-electron chi connectivity index (χ1n) is 7.35. The average Bonchev–Trinajstić information content (AvgIpc) is 2.90. The van der Waals surface area contributed by atoms with Gasteiger partial charge >= 0.3 is 5.97 Å². The van der Waals surface area contributed by atoms with Crippen LogP contribution in [0.25, 0.3) is 10.9 Å². The van der Waals surface area contributed by atoms with E-state index in [0.717, 1.165) is 16.6 Å². The average molecular weight is 315 g/mol. The fraction of sp³-hybridized carbons (Fsp3) is 0.294. The maximum absolute atomic E-state index is 12.7. The van der Waals surface area contributed by atoms with E-state index in [0.29, 0.717) is 12.2 Å². The number of benzene rings is 1. The molecule has 0 fully saturated rings. The second kappa shape index (κ2) is 6.16. The topological polar surface area (TPSA) is 77.6 Å². The lowest BCUT2D eigenvalue weighted by Gasteiger charge is -2.17. The Morgan fingerprint density at radius 3 is 2.78 bits per heavy atom. The summed E-state index contributed by atoms with van der Waals surface area (Å²) in [5.41, 5.74) is 2.16. The van der Waals surface area contributed by atoms with Gasteiger partial charge in [0.1, 0.15) is 19.5 Å². The van der Waals surface area contributed by atoms with Crippen molar-refractivity contribution in [2.45, 2.75) is 20.0 Å². The number of carbonyl (C=O) groups is 2. The summed E-state index contributed by atoms with van der Waals surface area (Å²) >= 11 is 0. The Morgan fingerprint density at radius 1 is 1.26 bits per heavy atom. The molecular formula is C17H17NO5. The van der Waals surface area contributed by atoms with Crippen molar-refractivity contribution >= 4 is 22.7 Å². The number of aromatic nitrogens is 1. The minimum absolute atomic E-state index is 0.0217. The molecule has 23 heavy (non-hydrogen) atoms. The van der Waals surface area contributed by atoms with E-state index in [2.05, 4.69) is 4.98 Å². The van der Waals surface area contributed by atoms with Gasteiger partial charge in [0.2, 0.25) is 11.5 Å². The van der Waals surface area contributed by atoms with E-state index in [1.165, 1.54) is 6.26 Å². The quantitative estimate of drug-likeness (QED) is 0.693. The number of hydrogen-bond donors (Lipinski definition) is 1. The van der Waals surface area contributed by atoms with E-state index >= 15 is 0 Å². The lowest BCUT2D eigenvalue weighted by Crippen LogP contribution is -2.27. The van der Waals surface area contributed by atoms with Gasteiger partial charge in [0.05, 0.1) is 0 Å². The summed E-state index contributed by atoms with van der Waals surface area (Å²) in [5, 5.41) is 0.814. The van der Waals surface area contributed by atoms with Crippen molar-refractivity contribution in [1.82, 2.24) is 4.98 Å². The number of rotatable bonds is 4. The number of aromatic amines is 1. The maximum atomic E-state index is 12.7. The standard InChI is InChI=1S/C17H17NO5/c1-10-15(12-5-3-4-6-13(12)18-10)16(19)11(2)23-17(20)14-9-21-7-8-22-14/h3-6,9,11,18H,7-8H2,1-2H3/t11-/m1/s1. The van der Waals surface area contributed by atoms with Gasteiger partial charge in [0.25, 0.3) is 0 Å². The molecule has 6 heteroatoms. The molecule has 0 amide bonds. The van der Waals surface area contributed by atoms with Crippen LogP contribution in [0.15, 0.2) is 36.3 Å². The number of nitrogens with one attached hydrogen (secondary N) is 1. The van der Waals surface area contributed by atoms with Gasteiger partial charge in [0.15, 0.2) is 6.10 Å². The molecule has 1 aromatic heterocycles. The molecule has 1 aromatic carbocycles. The van der Waals surface area contributed by atoms with Gasteiger partial charge < -0.3 is 19.2 Å². The Morgan fingerprint density at radius 2 is 2.04 bits per heavy atom. The smallest absolute Gasteiger partial charge is 0.377 e. The summed E-state index contributed by atoms with van der Waals surface area (Å²) < 4.78 is 15.4. The molecule has 6 nitrogen and oxygen atoms in total. The summed E-state index contributed by atoms with van der Waals surface area (Å²) in [5.74, 6) is -0.986. The fourth-order valence-electron chi connectivity index (χ4n) is 2.54. The highest BCUT2D eigenvalue weighted by atomic mass is 16.6. The first-order valence-corrected chi connectivity index (χ1v) is 7.35. The molecule has 0 aliphatic carbocycles. The third kappa shape index (κ3) is 2.92. The molecule has 0 spiro atoms. The molecule has 0 saturated carbocycles. The summed E-state index contributed by atoms with van der Waals surface area (Å²) in [4.78, 5) is 27.8. The lowest BCUT2D eigenvalue weighted by molar-refractivity contribution is -0.147. The second-order valence-electron chi connectivity index (χ2n) is 5.28. The first-order chi connectivity index (χ1) is 11.1. The van der Waals surface area contributed by atoms with Crippen molar-refractivity contribution in [1.29, 1.82) is 0 Å². The van der Waals surface area contributed by atoms with E-state index in [1.807, 2.05) is 31.2 Å². The zero-order valence-corrected chi connectivity index (χ0v) is 12.9. The molecule has 2 aromatic rings. The Bertz CT molecular complexity index is 789. The van der Waals surface area contributed by atoms with Crippen LogP contribution in [0.4, 0.5) is 0 Å². The second-order valence-corrected chi connectivity index (χ2v) is 5.28. The third-order valence-electron chi connectivity index (χ3n) is 3.64. The molecule has 120 valence electrons. The Labute approximate surface area is 133 Å². The van der Waals surface area contributed by atoms with Gasteiger partial charge in [0, 0.05) is 22.2 Å². The number of carbonyl (C=O) groups excluding carboxylic acids is 2. The number of aryl methyl sites for hydroxylation is 1. The molecular weight excluding hydrogens is 298 g/mol. The molecule has 1 aliphatic rings. The van der Waals surface area contributed by atoms with Gasteiger partial charge in [-0.25, -0.2) is 4.79 Å². The van der Waals surface area contributed by atoms with Gasteiger partial charge in [-0.15, -0.1) is 0 Å². The molecule has 2 heterocycles. The predicted molar refractivity (Wildman–Crippen MR) is 82.9 cm³/mol. The molecule has 3 rings (SSSR count). The molecule has 1 N–H and O–H groups in total. The third-order valence-corrected chi connectivity index (χ3v) is 3.64. The van der Waals surface area contributed by atoms with E-state index in [1.54, 1.807) is 6.92 Å². The number of hydrogen-bond acceptors (Lipinski definition) is 5. The predicted octanol–water partition coefficient (Wildman–Crippen LogP) is 2.48. The highest BCUT2D eigenvalue weighted by molar-refractivity contribution is 6.11. The minimum Gasteiger partial charge on any atom is -0.493 e. The molecule has 0 bridgehead atoms. The van der Waals surface area contributed by atoms with Gasteiger partial charge in [-0.05, 0) is 19.9 Å². The van der Waals surface area contributed by atoms with E-state index in [4.69, 9.17) is 14.2 Å². The Hall–Kier alpha value is -2.76. The largest absolute Gasteiger partial charge is 0.493 e. The van der Waals surface area contributed by atoms with Crippen molar-refractivity contribution in [3.63, 3.8) is 0 Å². The molecule has 0 radical (unpaired) electrons. The fourth-order valence-corrected chi connectivity index (χ4v) is 2.54. The van der Waals surface area contributed by atoms with Crippen molar-refractivity contribution in [2.24, 2.45) is 0 Å². The Balaban J connectivity index is 1.80. The van der Waals surface area contributed by atoms with Crippen LogP contribution in [0.3, 0.4) is 0 Å². The van der Waals surface area contributed by atoms with Crippen LogP contribution in [0.1, 0.15) is 23.0 Å². The Kier molecular flexibility index (Phi) is 4.06. The molecule has 0 unspecified atom stereocenters. The van der Waals surface area contributed by atoms with Crippen LogP contribution in [0, 0.1) is 6.92 Å². The van der Waals surface area contributed by atoms with Gasteiger partial charge in [-0.2, -0.15) is 0 Å². The van der Waals surface area contributed by atoms with Crippen LogP contribution in [0.5, 0.6) is 0 Å². The van der Waals surface area contributed by atoms with Crippen LogP contribution in [0.2, 0.25) is 0 Å². The summed E-state index contributed by atoms with van der Waals surface area (Å²) in [7, 11) is 0. The number of esters is 1. The van der Waals surface area contributed by atoms with E-state index < -0.39 is 12.1 Å². The highest BCUT2D eigenvalue weighted by Gasteiger charge is 2.26. The normalized spacial score (nSPS) is 15.3. The van der Waals surface area contributed by atoms with Crippen molar-refractivity contribution in [3.05, 3.63) is 47.5 Å². The number of Topliss-reactive ketones (excluding diaryl/α,β-unsaturated/α-hetero) is 1. The van der Waals surface area contributed by atoms with Crippen LogP contribution < -0.4 is 0 Å². The van der Waals surface area contributed by atoms with E-state index in [-0.39, 0.29) is 18.1 Å². The summed E-state index contributed by atoms with van der Waals surface area (Å²) in [6.45, 7) is 4.04. The minimum atomic E-state index is -0.924.